The molecule has 4 aliphatic rings. The lowest BCUT2D eigenvalue weighted by molar-refractivity contribution is -0.140. The SMILES string of the molecule is Cc1nnc(NC(=O)NCCN2C(=O)C3C4C=CC(CC4)C3C2=O)s1. The lowest BCUT2D eigenvalue weighted by Gasteiger charge is -2.38. The first-order valence-electron chi connectivity index (χ1n) is 8.43. The molecular weight excluding hydrogens is 342 g/mol. The topological polar surface area (TPSA) is 104 Å². The van der Waals surface area contributed by atoms with Crippen molar-refractivity contribution in [1.82, 2.24) is 20.4 Å². The Morgan fingerprint density at radius 3 is 2.36 bits per heavy atom. The maximum atomic E-state index is 12.6. The van der Waals surface area contributed by atoms with E-state index in [1.165, 1.54) is 16.2 Å². The molecule has 9 heteroatoms. The number of nitrogens with zero attached hydrogens (tertiary/aromatic N) is 3. The van der Waals surface area contributed by atoms with Crippen molar-refractivity contribution >= 4 is 34.3 Å². The van der Waals surface area contributed by atoms with Crippen LogP contribution >= 0.6 is 11.3 Å². The molecule has 4 amide bonds. The molecule has 2 fully saturated rings. The van der Waals surface area contributed by atoms with E-state index in [9.17, 15) is 14.4 Å². The number of hydrogen-bond donors (Lipinski definition) is 2. The summed E-state index contributed by atoms with van der Waals surface area (Å²) < 4.78 is 0. The summed E-state index contributed by atoms with van der Waals surface area (Å²) in [5.41, 5.74) is 0. The zero-order valence-electron chi connectivity index (χ0n) is 13.8. The number of fused-ring (bicyclic) bond motifs is 1. The summed E-state index contributed by atoms with van der Waals surface area (Å²) in [5, 5.41) is 14.0. The van der Waals surface area contributed by atoms with E-state index in [0.29, 0.717) is 5.13 Å². The van der Waals surface area contributed by atoms with E-state index >= 15 is 0 Å². The Morgan fingerprint density at radius 2 is 1.84 bits per heavy atom. The smallest absolute Gasteiger partial charge is 0.321 e. The van der Waals surface area contributed by atoms with Crippen LogP contribution in [0.15, 0.2) is 12.2 Å². The van der Waals surface area contributed by atoms with E-state index < -0.39 is 6.03 Å². The molecule has 1 saturated carbocycles. The van der Waals surface area contributed by atoms with Gasteiger partial charge in [0, 0.05) is 13.1 Å². The van der Waals surface area contributed by atoms with Gasteiger partial charge >= 0.3 is 6.03 Å². The van der Waals surface area contributed by atoms with Gasteiger partial charge in [0.15, 0.2) is 0 Å². The number of nitrogens with one attached hydrogen (secondary N) is 2. The van der Waals surface area contributed by atoms with E-state index in [-0.39, 0.29) is 48.6 Å². The summed E-state index contributed by atoms with van der Waals surface area (Å²) in [6.45, 7) is 2.21. The van der Waals surface area contributed by atoms with Crippen LogP contribution in [-0.2, 0) is 9.59 Å². The minimum Gasteiger partial charge on any atom is -0.336 e. The van der Waals surface area contributed by atoms with Crippen LogP contribution in [0.2, 0.25) is 0 Å². The Hall–Kier alpha value is -2.29. The molecule has 0 spiro atoms. The molecule has 1 aliphatic heterocycles. The molecule has 2 heterocycles. The fraction of sp³-hybridized carbons (Fsp3) is 0.562. The van der Waals surface area contributed by atoms with E-state index in [0.717, 1.165) is 17.8 Å². The summed E-state index contributed by atoms with van der Waals surface area (Å²) in [6.07, 6.45) is 6.16. The van der Waals surface area contributed by atoms with Gasteiger partial charge in [-0.15, -0.1) is 10.2 Å². The standard InChI is InChI=1S/C16H19N5O3S/c1-8-19-20-16(25-8)18-15(24)17-6-7-21-13(22)11-9-2-3-10(5-4-9)12(11)14(21)23/h2-3,9-12H,4-7H2,1H3,(H2,17,18,20,24). The monoisotopic (exact) mass is 361 g/mol. The number of aryl methyl sites for hydroxylation is 1. The quantitative estimate of drug-likeness (QED) is 0.619. The highest BCUT2D eigenvalue weighted by Crippen LogP contribution is 2.49. The molecule has 1 aromatic rings. The number of aromatic nitrogens is 2. The first-order chi connectivity index (χ1) is 12.0. The lowest BCUT2D eigenvalue weighted by atomic mass is 9.63. The van der Waals surface area contributed by atoms with Crippen LogP contribution < -0.4 is 10.6 Å². The van der Waals surface area contributed by atoms with Crippen molar-refractivity contribution in [3.05, 3.63) is 17.2 Å². The molecule has 0 radical (unpaired) electrons. The highest BCUT2D eigenvalue weighted by atomic mass is 32.1. The number of hydrogen-bond acceptors (Lipinski definition) is 6. The number of likely N-dealkylation sites (tertiary alicyclic amines) is 1. The van der Waals surface area contributed by atoms with E-state index in [2.05, 4.69) is 33.0 Å². The number of rotatable bonds is 4. The van der Waals surface area contributed by atoms with Crippen molar-refractivity contribution in [3.63, 3.8) is 0 Å². The second-order valence-corrected chi connectivity index (χ2v) is 7.86. The van der Waals surface area contributed by atoms with Crippen molar-refractivity contribution in [2.45, 2.75) is 19.8 Å². The third-order valence-electron chi connectivity index (χ3n) is 5.22. The number of anilines is 1. The Bertz CT molecular complexity index is 729. The molecule has 5 rings (SSSR count). The number of urea groups is 1. The third-order valence-corrected chi connectivity index (χ3v) is 5.97. The highest BCUT2D eigenvalue weighted by molar-refractivity contribution is 7.15. The van der Waals surface area contributed by atoms with Crippen LogP contribution in [0, 0.1) is 30.6 Å². The fourth-order valence-electron chi connectivity index (χ4n) is 4.13. The molecule has 8 nitrogen and oxygen atoms in total. The zero-order chi connectivity index (χ0) is 17.6. The first-order valence-corrected chi connectivity index (χ1v) is 9.25. The highest BCUT2D eigenvalue weighted by Gasteiger charge is 2.56. The van der Waals surface area contributed by atoms with Crippen molar-refractivity contribution in [2.24, 2.45) is 23.7 Å². The second kappa shape index (κ2) is 6.21. The minimum atomic E-state index is -0.422. The molecule has 2 N–H and O–H groups in total. The average Bonchev–Trinajstić information content (AvgIpc) is 3.13. The molecule has 1 aromatic heterocycles. The maximum absolute atomic E-state index is 12.6. The lowest BCUT2D eigenvalue weighted by Crippen LogP contribution is -2.40. The van der Waals surface area contributed by atoms with E-state index in [1.54, 1.807) is 6.92 Å². The van der Waals surface area contributed by atoms with Gasteiger partial charge in [-0.2, -0.15) is 0 Å². The molecule has 25 heavy (non-hydrogen) atoms. The summed E-state index contributed by atoms with van der Waals surface area (Å²) in [6, 6.07) is -0.422. The minimum absolute atomic E-state index is 0.0870. The number of allylic oxidation sites excluding steroid dienone is 2. The van der Waals surface area contributed by atoms with Crippen molar-refractivity contribution in [3.8, 4) is 0 Å². The fourth-order valence-corrected chi connectivity index (χ4v) is 4.71. The summed E-state index contributed by atoms with van der Waals surface area (Å²) in [4.78, 5) is 38.4. The Morgan fingerprint density at radius 1 is 1.20 bits per heavy atom. The predicted octanol–water partition coefficient (Wildman–Crippen LogP) is 1.17. The van der Waals surface area contributed by atoms with Gasteiger partial charge in [0.25, 0.3) is 0 Å². The molecule has 1 saturated heterocycles. The van der Waals surface area contributed by atoms with E-state index in [1.807, 2.05) is 0 Å². The van der Waals surface area contributed by atoms with E-state index in [4.69, 9.17) is 0 Å². The third kappa shape index (κ3) is 2.82. The number of imide groups is 1. The second-order valence-electron chi connectivity index (χ2n) is 6.68. The largest absolute Gasteiger partial charge is 0.336 e. The Labute approximate surface area is 148 Å². The number of carbonyl (C=O) groups is 3. The van der Waals surface area contributed by atoms with Crippen LogP contribution in [0.5, 0.6) is 0 Å². The Kier molecular flexibility index (Phi) is 4.03. The van der Waals surface area contributed by atoms with Gasteiger partial charge in [-0.1, -0.05) is 23.5 Å². The first kappa shape index (κ1) is 16.2. The summed E-state index contributed by atoms with van der Waals surface area (Å²) in [7, 11) is 0. The number of amides is 4. The maximum Gasteiger partial charge on any atom is 0.321 e. The van der Waals surface area contributed by atoms with Crippen LogP contribution in [0.4, 0.5) is 9.93 Å². The average molecular weight is 361 g/mol. The van der Waals surface area contributed by atoms with Crippen LogP contribution in [0.3, 0.4) is 0 Å². The van der Waals surface area contributed by atoms with Crippen LogP contribution in [0.25, 0.3) is 0 Å². The predicted molar refractivity (Wildman–Crippen MR) is 90.7 cm³/mol. The van der Waals surface area contributed by atoms with Gasteiger partial charge in [-0.25, -0.2) is 4.79 Å². The summed E-state index contributed by atoms with van der Waals surface area (Å²) in [5.74, 6) is -0.197. The van der Waals surface area contributed by atoms with Gasteiger partial charge in [-0.3, -0.25) is 19.8 Å². The van der Waals surface area contributed by atoms with Gasteiger partial charge in [0.05, 0.1) is 11.8 Å². The van der Waals surface area contributed by atoms with Crippen molar-refractivity contribution in [1.29, 1.82) is 0 Å². The molecule has 2 bridgehead atoms. The van der Waals surface area contributed by atoms with Gasteiger partial charge < -0.3 is 5.32 Å². The normalized spacial score (nSPS) is 29.9. The molecule has 3 aliphatic carbocycles. The van der Waals surface area contributed by atoms with Gasteiger partial charge in [0.1, 0.15) is 5.01 Å². The Balaban J connectivity index is 1.32. The molecular formula is C16H19N5O3S. The zero-order valence-corrected chi connectivity index (χ0v) is 14.6. The number of carbonyl (C=O) groups excluding carboxylic acids is 3. The molecule has 0 aromatic carbocycles. The van der Waals surface area contributed by atoms with Crippen molar-refractivity contribution in [2.75, 3.05) is 18.4 Å². The molecule has 4 atom stereocenters. The summed E-state index contributed by atoms with van der Waals surface area (Å²) >= 11 is 1.28. The molecule has 132 valence electrons. The van der Waals surface area contributed by atoms with Crippen molar-refractivity contribution < 1.29 is 14.4 Å². The van der Waals surface area contributed by atoms with Gasteiger partial charge in [-0.05, 0) is 31.6 Å². The molecule has 4 unspecified atom stereocenters. The van der Waals surface area contributed by atoms with Gasteiger partial charge in [0.2, 0.25) is 16.9 Å². The van der Waals surface area contributed by atoms with Crippen LogP contribution in [-0.4, -0.2) is 46.0 Å². The van der Waals surface area contributed by atoms with Crippen LogP contribution in [0.1, 0.15) is 17.8 Å².